The largest absolute Gasteiger partial charge is 0.267 e. The zero-order valence-corrected chi connectivity index (χ0v) is 15.1. The quantitative estimate of drug-likeness (QED) is 0.755. The second-order valence-electron chi connectivity index (χ2n) is 5.56. The van der Waals surface area contributed by atoms with E-state index in [1.807, 2.05) is 16.8 Å². The number of hydrogen-bond donors (Lipinski definition) is 1. The first kappa shape index (κ1) is 16.6. The van der Waals surface area contributed by atoms with Crippen molar-refractivity contribution < 1.29 is 8.42 Å². The first-order chi connectivity index (χ1) is 11.1. The maximum Gasteiger partial charge on any atom is 0.221 e. The molecule has 0 radical (unpaired) electrons. The Labute approximate surface area is 144 Å². The molecule has 2 aromatic heterocycles. The van der Waals surface area contributed by atoms with Crippen LogP contribution >= 0.6 is 15.9 Å². The molecular weight excluding hydrogens is 380 g/mol. The first-order valence-electron chi connectivity index (χ1n) is 7.63. The summed E-state index contributed by atoms with van der Waals surface area (Å²) in [6, 6.07) is 3.93. The maximum atomic E-state index is 11.5. The van der Waals surface area contributed by atoms with Crippen LogP contribution in [0.3, 0.4) is 0 Å². The Hall–Kier alpha value is -1.25. The topological polar surface area (TPSA) is 76.9 Å². The van der Waals surface area contributed by atoms with Crippen LogP contribution in [-0.4, -0.2) is 34.4 Å². The molecule has 0 saturated carbocycles. The fourth-order valence-electron chi connectivity index (χ4n) is 2.94. The van der Waals surface area contributed by atoms with Crippen molar-refractivity contribution >= 4 is 26.0 Å². The van der Waals surface area contributed by atoms with Gasteiger partial charge in [0.25, 0.3) is 0 Å². The zero-order valence-electron chi connectivity index (χ0n) is 12.7. The smallest absolute Gasteiger partial charge is 0.221 e. The number of alkyl halides is 1. The van der Waals surface area contributed by atoms with Crippen LogP contribution in [0.4, 0.5) is 0 Å². The Balaban J connectivity index is 1.85. The number of halogens is 1. The molecule has 6 nitrogen and oxygen atoms in total. The lowest BCUT2D eigenvalue weighted by Gasteiger charge is -2.14. The van der Waals surface area contributed by atoms with E-state index < -0.39 is 10.0 Å². The fraction of sp³-hybridized carbons (Fsp3) is 0.467. The van der Waals surface area contributed by atoms with Gasteiger partial charge in [0, 0.05) is 35.8 Å². The lowest BCUT2D eigenvalue weighted by Crippen LogP contribution is -2.28. The van der Waals surface area contributed by atoms with E-state index >= 15 is 0 Å². The van der Waals surface area contributed by atoms with Gasteiger partial charge in [-0.15, -0.1) is 0 Å². The molecule has 124 valence electrons. The number of sulfonamides is 1. The van der Waals surface area contributed by atoms with Gasteiger partial charge < -0.3 is 0 Å². The maximum absolute atomic E-state index is 11.5. The highest BCUT2D eigenvalue weighted by atomic mass is 79.9. The predicted octanol–water partition coefficient (Wildman–Crippen LogP) is 2.10. The van der Waals surface area contributed by atoms with Crippen molar-refractivity contribution in [2.45, 2.75) is 32.2 Å². The summed E-state index contributed by atoms with van der Waals surface area (Å²) in [6.07, 6.45) is 7.90. The molecule has 0 aliphatic heterocycles. The number of nitrogens with zero attached hydrogens (tertiary/aromatic N) is 3. The number of nitrogens with one attached hydrogen (secondary N) is 1. The minimum atomic E-state index is -3.24. The lowest BCUT2D eigenvalue weighted by atomic mass is 9.94. The average molecular weight is 399 g/mol. The number of pyridine rings is 1. The summed E-state index contributed by atoms with van der Waals surface area (Å²) in [5.74, 6) is 0. The molecule has 23 heavy (non-hydrogen) atoms. The monoisotopic (exact) mass is 398 g/mol. The second-order valence-corrected chi connectivity index (χ2v) is 8.67. The molecule has 0 aromatic carbocycles. The summed E-state index contributed by atoms with van der Waals surface area (Å²) in [6.45, 7) is 0.886. The molecule has 0 spiro atoms. The minimum absolute atomic E-state index is 0.0838. The summed E-state index contributed by atoms with van der Waals surface area (Å²) in [4.78, 5) is 4.06. The van der Waals surface area contributed by atoms with Crippen LogP contribution in [0.5, 0.6) is 0 Å². The summed E-state index contributed by atoms with van der Waals surface area (Å²) in [5, 5.41) is 4.75. The van der Waals surface area contributed by atoms with E-state index in [9.17, 15) is 8.42 Å². The molecule has 0 unspecified atom stereocenters. The Morgan fingerprint density at radius 3 is 2.70 bits per heavy atom. The highest BCUT2D eigenvalue weighted by Crippen LogP contribution is 2.30. The molecule has 1 aliphatic rings. The summed E-state index contributed by atoms with van der Waals surface area (Å²) in [7, 11) is -3.24. The van der Waals surface area contributed by atoms with Crippen molar-refractivity contribution in [3.05, 3.63) is 35.8 Å². The van der Waals surface area contributed by atoms with Gasteiger partial charge in [-0.05, 0) is 37.8 Å². The Bertz CT molecular complexity index is 774. The van der Waals surface area contributed by atoms with E-state index in [0.717, 1.165) is 30.5 Å². The van der Waals surface area contributed by atoms with Gasteiger partial charge in [0.05, 0.1) is 12.2 Å². The molecule has 2 heterocycles. The third-order valence-corrected chi connectivity index (χ3v) is 6.74. The Morgan fingerprint density at radius 1 is 1.22 bits per heavy atom. The number of fused-ring (bicyclic) bond motifs is 1. The second kappa shape index (κ2) is 7.11. The summed E-state index contributed by atoms with van der Waals surface area (Å²) >= 11 is 2.97. The van der Waals surface area contributed by atoms with E-state index in [1.54, 1.807) is 12.4 Å². The van der Waals surface area contributed by atoms with Gasteiger partial charge in [-0.2, -0.15) is 5.10 Å². The molecule has 0 saturated heterocycles. The minimum Gasteiger partial charge on any atom is -0.267 e. The van der Waals surface area contributed by atoms with Crippen LogP contribution < -0.4 is 4.72 Å². The Kier molecular flexibility index (Phi) is 5.13. The molecule has 0 atom stereocenters. The fourth-order valence-corrected chi connectivity index (χ4v) is 3.91. The van der Waals surface area contributed by atoms with Crippen molar-refractivity contribution in [3.63, 3.8) is 0 Å². The SMILES string of the molecule is O=S(=O)(CBr)NCCn1nc(-c2ccncc2)c2c1CCCC2. The number of rotatable bonds is 6. The molecule has 8 heteroatoms. The molecule has 0 fully saturated rings. The van der Waals surface area contributed by atoms with Gasteiger partial charge in [0.15, 0.2) is 0 Å². The third-order valence-electron chi connectivity index (χ3n) is 4.00. The van der Waals surface area contributed by atoms with E-state index in [4.69, 9.17) is 5.10 Å². The van der Waals surface area contributed by atoms with Crippen molar-refractivity contribution in [2.75, 3.05) is 11.2 Å². The van der Waals surface area contributed by atoms with Crippen molar-refractivity contribution in [2.24, 2.45) is 0 Å². The standard InChI is InChI=1S/C15H19BrN4O2S/c16-11-23(21,22)18-9-10-20-14-4-2-1-3-13(14)15(19-20)12-5-7-17-8-6-12/h5-8,18H,1-4,9-11H2. The molecule has 3 rings (SSSR count). The number of aromatic nitrogens is 3. The summed E-state index contributed by atoms with van der Waals surface area (Å²) in [5.41, 5.74) is 4.61. The molecule has 2 aromatic rings. The van der Waals surface area contributed by atoms with Crippen LogP contribution in [-0.2, 0) is 29.4 Å². The lowest BCUT2D eigenvalue weighted by molar-refractivity contribution is 0.540. The normalized spacial score (nSPS) is 14.7. The van der Waals surface area contributed by atoms with Crippen LogP contribution in [0.1, 0.15) is 24.1 Å². The van der Waals surface area contributed by atoms with Gasteiger partial charge in [-0.1, -0.05) is 15.9 Å². The Morgan fingerprint density at radius 2 is 1.96 bits per heavy atom. The van der Waals surface area contributed by atoms with Crippen LogP contribution in [0.25, 0.3) is 11.3 Å². The molecule has 1 N–H and O–H groups in total. The van der Waals surface area contributed by atoms with Crippen LogP contribution in [0.15, 0.2) is 24.5 Å². The van der Waals surface area contributed by atoms with Gasteiger partial charge in [-0.3, -0.25) is 9.67 Å². The predicted molar refractivity (Wildman–Crippen MR) is 92.8 cm³/mol. The van der Waals surface area contributed by atoms with Crippen molar-refractivity contribution in [3.8, 4) is 11.3 Å². The van der Waals surface area contributed by atoms with E-state index in [1.165, 1.54) is 17.7 Å². The molecule has 0 bridgehead atoms. The van der Waals surface area contributed by atoms with E-state index in [-0.39, 0.29) is 4.66 Å². The highest BCUT2D eigenvalue weighted by Gasteiger charge is 2.21. The zero-order chi connectivity index (χ0) is 16.3. The average Bonchev–Trinajstić information content (AvgIpc) is 2.95. The highest BCUT2D eigenvalue weighted by molar-refractivity contribution is 9.10. The molecule has 1 aliphatic carbocycles. The summed E-state index contributed by atoms with van der Waals surface area (Å²) < 4.78 is 27.5. The van der Waals surface area contributed by atoms with E-state index in [2.05, 4.69) is 25.6 Å². The van der Waals surface area contributed by atoms with Gasteiger partial charge in [-0.25, -0.2) is 13.1 Å². The molecular formula is C15H19BrN4O2S. The van der Waals surface area contributed by atoms with Crippen LogP contribution in [0, 0.1) is 0 Å². The van der Waals surface area contributed by atoms with Gasteiger partial charge >= 0.3 is 0 Å². The molecule has 0 amide bonds. The van der Waals surface area contributed by atoms with Gasteiger partial charge in [0.1, 0.15) is 4.66 Å². The van der Waals surface area contributed by atoms with Crippen molar-refractivity contribution in [1.82, 2.24) is 19.5 Å². The first-order valence-corrected chi connectivity index (χ1v) is 10.4. The van der Waals surface area contributed by atoms with Gasteiger partial charge in [0.2, 0.25) is 10.0 Å². The number of hydrogen-bond acceptors (Lipinski definition) is 4. The van der Waals surface area contributed by atoms with Crippen molar-refractivity contribution in [1.29, 1.82) is 0 Å². The third kappa shape index (κ3) is 3.81. The van der Waals surface area contributed by atoms with Crippen LogP contribution in [0.2, 0.25) is 0 Å². The van der Waals surface area contributed by atoms with E-state index in [0.29, 0.717) is 13.1 Å².